The third-order valence-electron chi connectivity index (χ3n) is 4.89. The van der Waals surface area contributed by atoms with Gasteiger partial charge in [-0.2, -0.15) is 0 Å². The number of nitrogens with zero attached hydrogens (tertiary/aromatic N) is 2. The molecule has 2 heterocycles. The fraction of sp³-hybridized carbons (Fsp3) is 0.647. The second kappa shape index (κ2) is 6.34. The molecule has 3 rings (SSSR count). The van der Waals surface area contributed by atoms with Crippen LogP contribution in [-0.4, -0.2) is 49.1 Å². The van der Waals surface area contributed by atoms with Crippen LogP contribution in [0.3, 0.4) is 0 Å². The van der Waals surface area contributed by atoms with Crippen molar-refractivity contribution in [3.63, 3.8) is 0 Å². The Balaban J connectivity index is 1.72. The van der Waals surface area contributed by atoms with E-state index >= 15 is 0 Å². The van der Waals surface area contributed by atoms with Crippen molar-refractivity contribution in [1.82, 2.24) is 9.80 Å². The highest BCUT2D eigenvalue weighted by Gasteiger charge is 2.28. The van der Waals surface area contributed by atoms with Crippen molar-refractivity contribution in [2.24, 2.45) is 5.73 Å². The first-order valence-electron chi connectivity index (χ1n) is 8.13. The van der Waals surface area contributed by atoms with Crippen LogP contribution in [0.15, 0.2) is 18.2 Å². The van der Waals surface area contributed by atoms with Gasteiger partial charge in [-0.05, 0) is 49.7 Å². The summed E-state index contributed by atoms with van der Waals surface area (Å²) in [6.45, 7) is 7.20. The van der Waals surface area contributed by atoms with Gasteiger partial charge in [-0.15, -0.1) is 0 Å². The number of likely N-dealkylation sites (tertiary alicyclic amines) is 1. The number of piperidine rings is 1. The third-order valence-corrected chi connectivity index (χ3v) is 4.89. The maximum Gasteiger partial charge on any atom is 0.120 e. The largest absolute Gasteiger partial charge is 0.490 e. The first kappa shape index (κ1) is 14.8. The Morgan fingerprint density at radius 3 is 2.71 bits per heavy atom. The number of hydrogen-bond donors (Lipinski definition) is 1. The molecule has 116 valence electrons. The molecule has 0 aromatic heterocycles. The van der Waals surface area contributed by atoms with Crippen LogP contribution in [0.4, 0.5) is 0 Å². The third kappa shape index (κ3) is 3.07. The van der Waals surface area contributed by atoms with Crippen LogP contribution in [0.2, 0.25) is 0 Å². The van der Waals surface area contributed by atoms with Gasteiger partial charge in [-0.1, -0.05) is 13.0 Å². The van der Waals surface area contributed by atoms with Gasteiger partial charge in [0.25, 0.3) is 0 Å². The van der Waals surface area contributed by atoms with E-state index in [4.69, 9.17) is 10.5 Å². The predicted octanol–water partition coefficient (Wildman–Crippen LogP) is 1.99. The molecular weight excluding hydrogens is 262 g/mol. The Kier molecular flexibility index (Phi) is 4.48. The van der Waals surface area contributed by atoms with Gasteiger partial charge in [0.1, 0.15) is 11.9 Å². The highest BCUT2D eigenvalue weighted by Crippen LogP contribution is 2.35. The summed E-state index contributed by atoms with van der Waals surface area (Å²) >= 11 is 0. The van der Waals surface area contributed by atoms with Crippen molar-refractivity contribution in [3.8, 4) is 5.75 Å². The lowest BCUT2D eigenvalue weighted by Gasteiger charge is -2.29. The summed E-state index contributed by atoms with van der Waals surface area (Å²) in [5.41, 5.74) is 8.75. The van der Waals surface area contributed by atoms with Crippen molar-refractivity contribution in [2.45, 2.75) is 38.5 Å². The molecule has 1 aromatic rings. The Morgan fingerprint density at radius 2 is 2.05 bits per heavy atom. The molecule has 1 atom stereocenters. The van der Waals surface area contributed by atoms with E-state index < -0.39 is 0 Å². The van der Waals surface area contributed by atoms with Gasteiger partial charge in [-0.25, -0.2) is 0 Å². The van der Waals surface area contributed by atoms with Crippen LogP contribution in [0.1, 0.15) is 36.9 Å². The Labute approximate surface area is 127 Å². The summed E-state index contributed by atoms with van der Waals surface area (Å²) in [5.74, 6) is 1.01. The Bertz CT molecular complexity index is 483. The average Bonchev–Trinajstić information content (AvgIpc) is 2.86. The fourth-order valence-electron chi connectivity index (χ4n) is 3.53. The molecule has 0 radical (unpaired) electrons. The van der Waals surface area contributed by atoms with Crippen molar-refractivity contribution >= 4 is 0 Å². The van der Waals surface area contributed by atoms with Gasteiger partial charge in [0.2, 0.25) is 0 Å². The van der Waals surface area contributed by atoms with Gasteiger partial charge >= 0.3 is 0 Å². The molecule has 1 saturated heterocycles. The average molecular weight is 289 g/mol. The van der Waals surface area contributed by atoms with Crippen LogP contribution in [0, 0.1) is 0 Å². The zero-order chi connectivity index (χ0) is 14.8. The molecular formula is C17H27N3O. The molecule has 2 N–H and O–H groups in total. The van der Waals surface area contributed by atoms with Gasteiger partial charge < -0.3 is 15.4 Å². The van der Waals surface area contributed by atoms with E-state index in [2.05, 4.69) is 42.0 Å². The number of nitrogens with two attached hydrogens (primary N) is 1. The van der Waals surface area contributed by atoms with Gasteiger partial charge in [-0.3, -0.25) is 4.90 Å². The lowest BCUT2D eigenvalue weighted by molar-refractivity contribution is 0.114. The molecule has 4 heteroatoms. The predicted molar refractivity (Wildman–Crippen MR) is 85.5 cm³/mol. The maximum absolute atomic E-state index is 6.20. The van der Waals surface area contributed by atoms with Gasteiger partial charge in [0.15, 0.2) is 0 Å². The molecule has 4 nitrogen and oxygen atoms in total. The highest BCUT2D eigenvalue weighted by molar-refractivity contribution is 5.40. The summed E-state index contributed by atoms with van der Waals surface area (Å²) in [6.07, 6.45) is 2.60. The smallest absolute Gasteiger partial charge is 0.120 e. The van der Waals surface area contributed by atoms with Crippen LogP contribution in [0.25, 0.3) is 0 Å². The first-order valence-corrected chi connectivity index (χ1v) is 8.13. The lowest BCUT2D eigenvalue weighted by atomic mass is 10.0. The lowest BCUT2D eigenvalue weighted by Crippen LogP contribution is -2.35. The van der Waals surface area contributed by atoms with E-state index in [1.807, 2.05) is 0 Å². The minimum absolute atomic E-state index is 0.353. The number of benzene rings is 1. The molecule has 21 heavy (non-hydrogen) atoms. The molecule has 0 bridgehead atoms. The Morgan fingerprint density at radius 1 is 1.29 bits per heavy atom. The van der Waals surface area contributed by atoms with Gasteiger partial charge in [0, 0.05) is 32.2 Å². The summed E-state index contributed by atoms with van der Waals surface area (Å²) in [6, 6.07) is 6.92. The van der Waals surface area contributed by atoms with E-state index in [-0.39, 0.29) is 0 Å². The van der Waals surface area contributed by atoms with E-state index in [1.54, 1.807) is 0 Å². The standard InChI is InChI=1S/C17H27N3O/c1-3-20-12-13-4-5-15(10-16(13)17(20)11-18)21-14-6-8-19(2)9-7-14/h4-5,10,14,17H,3,6-9,11-12,18H2,1-2H3. The number of hydrogen-bond acceptors (Lipinski definition) is 4. The highest BCUT2D eigenvalue weighted by atomic mass is 16.5. The van der Waals surface area contributed by atoms with E-state index in [9.17, 15) is 0 Å². The Hall–Kier alpha value is -1.10. The zero-order valence-electron chi connectivity index (χ0n) is 13.2. The van der Waals surface area contributed by atoms with Crippen molar-refractivity contribution in [3.05, 3.63) is 29.3 Å². The summed E-state index contributed by atoms with van der Waals surface area (Å²) in [5, 5.41) is 0. The molecule has 0 amide bonds. The second-order valence-electron chi connectivity index (χ2n) is 6.30. The number of ether oxygens (including phenoxy) is 1. The zero-order valence-corrected chi connectivity index (χ0v) is 13.2. The number of fused-ring (bicyclic) bond motifs is 1. The van der Waals surface area contributed by atoms with Crippen molar-refractivity contribution < 1.29 is 4.74 Å². The fourth-order valence-corrected chi connectivity index (χ4v) is 3.53. The first-order chi connectivity index (χ1) is 10.2. The van der Waals surface area contributed by atoms with Crippen LogP contribution in [-0.2, 0) is 6.54 Å². The summed E-state index contributed by atoms with van der Waals surface area (Å²) in [7, 11) is 2.18. The molecule has 2 aliphatic rings. The quantitative estimate of drug-likeness (QED) is 0.920. The summed E-state index contributed by atoms with van der Waals surface area (Å²) < 4.78 is 6.20. The molecule has 0 aliphatic carbocycles. The molecule has 1 unspecified atom stereocenters. The van der Waals surface area contributed by atoms with Crippen molar-refractivity contribution in [2.75, 3.05) is 33.2 Å². The second-order valence-corrected chi connectivity index (χ2v) is 6.30. The minimum Gasteiger partial charge on any atom is -0.490 e. The van der Waals surface area contributed by atoms with Gasteiger partial charge in [0.05, 0.1) is 0 Å². The molecule has 2 aliphatic heterocycles. The SMILES string of the molecule is CCN1Cc2ccc(OC3CCN(C)CC3)cc2C1CN. The van der Waals surface area contributed by atoms with Crippen LogP contribution < -0.4 is 10.5 Å². The monoisotopic (exact) mass is 289 g/mol. The minimum atomic E-state index is 0.353. The van der Waals surface area contributed by atoms with Crippen LogP contribution >= 0.6 is 0 Å². The summed E-state index contributed by atoms with van der Waals surface area (Å²) in [4.78, 5) is 4.80. The van der Waals surface area contributed by atoms with E-state index in [1.165, 1.54) is 11.1 Å². The van der Waals surface area contributed by atoms with E-state index in [0.29, 0.717) is 18.7 Å². The van der Waals surface area contributed by atoms with Crippen molar-refractivity contribution in [1.29, 1.82) is 0 Å². The number of rotatable bonds is 4. The maximum atomic E-state index is 6.20. The molecule has 0 spiro atoms. The molecule has 1 fully saturated rings. The normalized spacial score (nSPS) is 24.2. The molecule has 1 aromatic carbocycles. The van der Waals surface area contributed by atoms with E-state index in [0.717, 1.165) is 44.8 Å². The van der Waals surface area contributed by atoms with Crippen LogP contribution in [0.5, 0.6) is 5.75 Å². The number of likely N-dealkylation sites (N-methyl/N-ethyl adjacent to an activating group) is 1. The molecule has 0 saturated carbocycles. The topological polar surface area (TPSA) is 41.7 Å².